The van der Waals surface area contributed by atoms with Crippen molar-refractivity contribution in [3.63, 3.8) is 0 Å². The van der Waals surface area contributed by atoms with E-state index in [-0.39, 0.29) is 36.3 Å². The summed E-state index contributed by atoms with van der Waals surface area (Å²) in [6.45, 7) is 0.552. The maximum atomic E-state index is 13.6. The van der Waals surface area contributed by atoms with Gasteiger partial charge in [-0.3, -0.25) is 9.79 Å². The van der Waals surface area contributed by atoms with E-state index in [1.54, 1.807) is 12.1 Å². The molecule has 1 aliphatic heterocycles. The van der Waals surface area contributed by atoms with Crippen molar-refractivity contribution >= 4 is 17.8 Å². The van der Waals surface area contributed by atoms with E-state index in [1.165, 1.54) is 14.2 Å². The zero-order valence-electron chi connectivity index (χ0n) is 24.1. The molecule has 0 saturated heterocycles. The monoisotopic (exact) mass is 551 g/mol. The highest BCUT2D eigenvalue weighted by Crippen LogP contribution is 2.42. The third kappa shape index (κ3) is 7.27. The summed E-state index contributed by atoms with van der Waals surface area (Å²) in [5.41, 5.74) is 2.24. The normalized spacial score (nSPS) is 23.6. The molecule has 40 heavy (non-hydrogen) atoms. The Morgan fingerprint density at radius 2 is 1.68 bits per heavy atom. The molecule has 7 nitrogen and oxygen atoms in total. The van der Waals surface area contributed by atoms with Crippen LogP contribution in [0.3, 0.4) is 0 Å². The summed E-state index contributed by atoms with van der Waals surface area (Å²) in [4.78, 5) is 34.0. The first-order valence-corrected chi connectivity index (χ1v) is 14.3. The van der Waals surface area contributed by atoms with Crippen LogP contribution in [0.5, 0.6) is 0 Å². The van der Waals surface area contributed by atoms with Gasteiger partial charge in [0.2, 0.25) is 5.84 Å². The van der Waals surface area contributed by atoms with Gasteiger partial charge in [-0.25, -0.2) is 9.18 Å². The Balaban J connectivity index is 1.50. The Hall–Kier alpha value is -3.26. The summed E-state index contributed by atoms with van der Waals surface area (Å²) < 4.78 is 23.6. The molecule has 2 aromatic carbocycles. The van der Waals surface area contributed by atoms with E-state index in [1.807, 2.05) is 30.3 Å². The fraction of sp³-hybridized carbons (Fsp3) is 0.531. The number of methoxy groups -OCH3 is 2. The highest BCUT2D eigenvalue weighted by atomic mass is 19.1. The predicted molar refractivity (Wildman–Crippen MR) is 153 cm³/mol. The Morgan fingerprint density at radius 1 is 1.00 bits per heavy atom. The SMILES string of the molecule is COC(=O)CCC1N=C(C(=O)OC)N(Cc2ccccc2)C1CC1CCC(C(c2ccc(F)cc2)N(C)C)CC1. The molecule has 3 unspecified atom stereocenters. The number of esters is 2. The molecule has 0 bridgehead atoms. The largest absolute Gasteiger partial charge is 0.469 e. The van der Waals surface area contributed by atoms with Gasteiger partial charge in [-0.1, -0.05) is 55.3 Å². The molecule has 1 heterocycles. The number of hydrogen-bond donors (Lipinski definition) is 0. The highest BCUT2D eigenvalue weighted by Gasteiger charge is 2.41. The maximum absolute atomic E-state index is 13.6. The lowest BCUT2D eigenvalue weighted by Crippen LogP contribution is -2.44. The first kappa shape index (κ1) is 29.7. The summed E-state index contributed by atoms with van der Waals surface area (Å²) in [6.07, 6.45) is 5.96. The van der Waals surface area contributed by atoms with Gasteiger partial charge < -0.3 is 19.3 Å². The Kier molecular flexibility index (Phi) is 10.3. The fourth-order valence-electron chi connectivity index (χ4n) is 6.56. The molecule has 0 aromatic heterocycles. The Bertz CT molecular complexity index is 1150. The average Bonchev–Trinajstić information content (AvgIpc) is 3.30. The van der Waals surface area contributed by atoms with Crippen molar-refractivity contribution in [1.82, 2.24) is 9.80 Å². The molecule has 1 saturated carbocycles. The van der Waals surface area contributed by atoms with Crippen LogP contribution >= 0.6 is 0 Å². The maximum Gasteiger partial charge on any atom is 0.373 e. The molecule has 0 N–H and O–H groups in total. The van der Waals surface area contributed by atoms with Crippen LogP contribution < -0.4 is 0 Å². The molecular formula is C32H42FN3O4. The summed E-state index contributed by atoms with van der Waals surface area (Å²) in [5, 5.41) is 0. The van der Waals surface area contributed by atoms with Gasteiger partial charge in [-0.15, -0.1) is 0 Å². The van der Waals surface area contributed by atoms with E-state index >= 15 is 0 Å². The lowest BCUT2D eigenvalue weighted by Gasteiger charge is -2.39. The second-order valence-corrected chi connectivity index (χ2v) is 11.3. The number of carbonyl (C=O) groups excluding carboxylic acids is 2. The zero-order valence-corrected chi connectivity index (χ0v) is 24.1. The second-order valence-electron chi connectivity index (χ2n) is 11.3. The predicted octanol–water partition coefficient (Wildman–Crippen LogP) is 5.40. The van der Waals surface area contributed by atoms with Crippen molar-refractivity contribution in [2.24, 2.45) is 16.8 Å². The summed E-state index contributed by atoms with van der Waals surface area (Å²) in [6, 6.07) is 17.0. The molecule has 1 aliphatic carbocycles. The average molecular weight is 552 g/mol. The van der Waals surface area contributed by atoms with Crippen LogP contribution in [-0.2, 0) is 25.6 Å². The van der Waals surface area contributed by atoms with Gasteiger partial charge in [0.05, 0.1) is 26.3 Å². The van der Waals surface area contributed by atoms with Crippen LogP contribution in [0.2, 0.25) is 0 Å². The molecule has 1 fully saturated rings. The molecule has 2 aromatic rings. The Labute approximate surface area is 237 Å². The van der Waals surface area contributed by atoms with Crippen molar-refractivity contribution in [3.8, 4) is 0 Å². The van der Waals surface area contributed by atoms with E-state index in [4.69, 9.17) is 14.5 Å². The van der Waals surface area contributed by atoms with Gasteiger partial charge in [0.25, 0.3) is 0 Å². The van der Waals surface area contributed by atoms with Gasteiger partial charge in [0, 0.05) is 19.0 Å². The van der Waals surface area contributed by atoms with Gasteiger partial charge in [-0.05, 0) is 74.9 Å². The second kappa shape index (κ2) is 13.9. The molecule has 2 aliphatic rings. The number of amidine groups is 1. The minimum atomic E-state index is -0.446. The number of nitrogens with zero attached hydrogens (tertiary/aromatic N) is 3. The number of carbonyl (C=O) groups is 2. The summed E-state index contributed by atoms with van der Waals surface area (Å²) in [7, 11) is 6.96. The standard InChI is InChI=1S/C32H42FN3O4/c1-35(2)30(25-14-16-26(33)17-15-25)24-12-10-22(11-13-24)20-28-27(18-19-29(37)39-3)34-31(32(38)40-4)36(28)21-23-8-6-5-7-9-23/h5-9,14-17,22,24,27-28,30H,10-13,18-21H2,1-4H3. The number of aliphatic imine (C=N–C) groups is 1. The molecule has 4 rings (SSSR count). The van der Waals surface area contributed by atoms with Crippen LogP contribution in [0.25, 0.3) is 0 Å². The Morgan fingerprint density at radius 3 is 2.27 bits per heavy atom. The van der Waals surface area contributed by atoms with Gasteiger partial charge in [-0.2, -0.15) is 0 Å². The first-order valence-electron chi connectivity index (χ1n) is 14.3. The van der Waals surface area contributed by atoms with Crippen LogP contribution in [0.15, 0.2) is 59.6 Å². The smallest absolute Gasteiger partial charge is 0.373 e. The number of rotatable bonds is 11. The van der Waals surface area contributed by atoms with Gasteiger partial charge >= 0.3 is 11.9 Å². The topological polar surface area (TPSA) is 71.4 Å². The minimum Gasteiger partial charge on any atom is -0.469 e. The van der Waals surface area contributed by atoms with E-state index in [0.717, 1.165) is 43.2 Å². The lowest BCUT2D eigenvalue weighted by molar-refractivity contribution is -0.140. The molecule has 8 heteroatoms. The first-order chi connectivity index (χ1) is 19.3. The van der Waals surface area contributed by atoms with E-state index < -0.39 is 5.97 Å². The van der Waals surface area contributed by atoms with Crippen molar-refractivity contribution in [2.75, 3.05) is 28.3 Å². The van der Waals surface area contributed by atoms with Gasteiger partial charge in [0.15, 0.2) is 0 Å². The van der Waals surface area contributed by atoms with Crippen molar-refractivity contribution in [2.45, 2.75) is 69.6 Å². The van der Waals surface area contributed by atoms with Crippen LogP contribution in [0.1, 0.15) is 62.1 Å². The lowest BCUT2D eigenvalue weighted by atomic mass is 9.74. The zero-order chi connectivity index (χ0) is 28.6. The summed E-state index contributed by atoms with van der Waals surface area (Å²) in [5.74, 6) is 0.367. The van der Waals surface area contributed by atoms with Crippen molar-refractivity contribution < 1.29 is 23.5 Å². The van der Waals surface area contributed by atoms with Crippen LogP contribution in [-0.4, -0.2) is 68.0 Å². The number of ether oxygens (including phenoxy) is 2. The van der Waals surface area contributed by atoms with Gasteiger partial charge in [0.1, 0.15) is 5.82 Å². The summed E-state index contributed by atoms with van der Waals surface area (Å²) >= 11 is 0. The van der Waals surface area contributed by atoms with Crippen molar-refractivity contribution in [3.05, 3.63) is 71.5 Å². The molecule has 0 radical (unpaired) electrons. The molecule has 216 valence electrons. The molecular weight excluding hydrogens is 509 g/mol. The number of halogens is 1. The van der Waals surface area contributed by atoms with E-state index in [2.05, 4.69) is 36.0 Å². The van der Waals surface area contributed by atoms with Crippen LogP contribution in [0, 0.1) is 17.7 Å². The van der Waals surface area contributed by atoms with E-state index in [0.29, 0.717) is 30.6 Å². The quantitative estimate of drug-likeness (QED) is 0.348. The third-order valence-corrected chi connectivity index (χ3v) is 8.52. The van der Waals surface area contributed by atoms with E-state index in [9.17, 15) is 14.0 Å². The molecule has 0 amide bonds. The fourth-order valence-corrected chi connectivity index (χ4v) is 6.56. The third-order valence-electron chi connectivity index (χ3n) is 8.52. The van der Waals surface area contributed by atoms with Crippen LogP contribution in [0.4, 0.5) is 4.39 Å². The van der Waals surface area contributed by atoms with Crippen molar-refractivity contribution in [1.29, 1.82) is 0 Å². The molecule has 3 atom stereocenters. The number of benzene rings is 2. The highest BCUT2D eigenvalue weighted by molar-refractivity contribution is 6.35. The molecule has 0 spiro atoms. The number of hydrogen-bond acceptors (Lipinski definition) is 7. The minimum absolute atomic E-state index is 0.0118.